The first kappa shape index (κ1) is 9.10. The van der Waals surface area contributed by atoms with Gasteiger partial charge in [0.25, 0.3) is 6.29 Å². The lowest BCUT2D eigenvalue weighted by Crippen LogP contribution is -2.48. The third-order valence-corrected chi connectivity index (χ3v) is 1.06. The Kier molecular flexibility index (Phi) is 3.02. The summed E-state index contributed by atoms with van der Waals surface area (Å²) < 4.78 is 0. The molecule has 1 unspecified atom stereocenters. The zero-order chi connectivity index (χ0) is 8.20. The quantitative estimate of drug-likeness (QED) is 0.516. The van der Waals surface area contributed by atoms with E-state index in [1.807, 2.05) is 5.32 Å². The molecule has 0 bridgehead atoms. The van der Waals surface area contributed by atoms with Gasteiger partial charge in [0.1, 0.15) is 0 Å². The highest BCUT2D eigenvalue weighted by atomic mass is 16.3. The van der Waals surface area contributed by atoms with Gasteiger partial charge in [-0.2, -0.15) is 0 Å². The van der Waals surface area contributed by atoms with Crippen molar-refractivity contribution >= 4 is 12.2 Å². The number of rotatable bonds is 3. The molecule has 0 heterocycles. The van der Waals surface area contributed by atoms with Crippen LogP contribution in [0.4, 0.5) is 0 Å². The van der Waals surface area contributed by atoms with E-state index in [4.69, 9.17) is 5.11 Å². The molecule has 0 aliphatic heterocycles. The highest BCUT2D eigenvalue weighted by Crippen LogP contribution is 1.99. The Morgan fingerprint density at radius 3 is 2.40 bits per heavy atom. The van der Waals surface area contributed by atoms with E-state index in [9.17, 15) is 9.59 Å². The number of carbonyl (C=O) groups is 1. The van der Waals surface area contributed by atoms with Crippen molar-refractivity contribution in [3.05, 3.63) is 0 Å². The summed E-state index contributed by atoms with van der Waals surface area (Å²) in [6, 6.07) is 0. The molecule has 0 aliphatic carbocycles. The summed E-state index contributed by atoms with van der Waals surface area (Å²) in [7, 11) is 0. The monoisotopic (exact) mass is 144 g/mol. The van der Waals surface area contributed by atoms with Crippen LogP contribution >= 0.6 is 0 Å². The van der Waals surface area contributed by atoms with E-state index in [1.165, 1.54) is 13.2 Å². The summed E-state index contributed by atoms with van der Waals surface area (Å²) in [5.41, 5.74) is -1.80. The summed E-state index contributed by atoms with van der Waals surface area (Å²) in [5, 5.41) is 11.1. The molecular formula is C6H10NO3. The number of aliphatic hydroxyl groups is 1. The Labute approximate surface area is 59.2 Å². The molecule has 1 radical (unpaired) electrons. The molecule has 0 aromatic rings. The smallest absolute Gasteiger partial charge is 0.255 e. The Morgan fingerprint density at radius 2 is 2.30 bits per heavy atom. The van der Waals surface area contributed by atoms with Gasteiger partial charge in [0.2, 0.25) is 11.6 Å². The van der Waals surface area contributed by atoms with E-state index in [1.54, 1.807) is 6.92 Å². The summed E-state index contributed by atoms with van der Waals surface area (Å²) in [4.78, 5) is 20.3. The number of amides is 1. The molecule has 4 heteroatoms. The molecule has 0 fully saturated rings. The van der Waals surface area contributed by atoms with Crippen LogP contribution in [0.3, 0.4) is 0 Å². The number of nitrogens with one attached hydrogen (secondary N) is 1. The average molecular weight is 144 g/mol. The predicted octanol–water partition coefficient (Wildman–Crippen LogP) is -0.669. The van der Waals surface area contributed by atoms with Crippen LogP contribution in [-0.2, 0) is 9.59 Å². The minimum atomic E-state index is -1.80. The van der Waals surface area contributed by atoms with Gasteiger partial charge < -0.3 is 10.4 Å². The molecule has 0 spiro atoms. The van der Waals surface area contributed by atoms with Gasteiger partial charge in [-0.1, -0.05) is 6.92 Å². The van der Waals surface area contributed by atoms with Crippen molar-refractivity contribution in [1.82, 2.24) is 5.32 Å². The summed E-state index contributed by atoms with van der Waals surface area (Å²) in [5.74, 6) is -0.451. The number of carbonyl (C=O) groups excluding carboxylic acids is 2. The van der Waals surface area contributed by atoms with E-state index >= 15 is 0 Å². The molecule has 4 nitrogen and oxygen atoms in total. The summed E-state index contributed by atoms with van der Waals surface area (Å²) in [6.45, 7) is 2.79. The maximum absolute atomic E-state index is 10.3. The fourth-order valence-electron chi connectivity index (χ4n) is 0.477. The summed E-state index contributed by atoms with van der Waals surface area (Å²) >= 11 is 0. The Hall–Kier alpha value is -0.900. The van der Waals surface area contributed by atoms with E-state index in [-0.39, 0.29) is 6.42 Å². The molecule has 0 aliphatic rings. The van der Waals surface area contributed by atoms with Gasteiger partial charge >= 0.3 is 0 Å². The lowest BCUT2D eigenvalue weighted by atomic mass is 10.2. The van der Waals surface area contributed by atoms with Crippen LogP contribution < -0.4 is 5.32 Å². The molecule has 0 aromatic heterocycles. The maximum Gasteiger partial charge on any atom is 0.255 e. The predicted molar refractivity (Wildman–Crippen MR) is 34.8 cm³/mol. The molecule has 57 valence electrons. The average Bonchev–Trinajstić information content (AvgIpc) is 1.87. The fourth-order valence-corrected chi connectivity index (χ4v) is 0.477. The highest BCUT2D eigenvalue weighted by molar-refractivity contribution is 5.78. The van der Waals surface area contributed by atoms with E-state index in [2.05, 4.69) is 0 Å². The number of hydrogen-bond donors (Lipinski definition) is 2. The van der Waals surface area contributed by atoms with Crippen LogP contribution in [0.15, 0.2) is 0 Å². The minimum Gasteiger partial charge on any atom is -0.364 e. The van der Waals surface area contributed by atoms with Crippen LogP contribution in [0.5, 0.6) is 0 Å². The minimum absolute atomic E-state index is 0.121. The zero-order valence-corrected chi connectivity index (χ0v) is 5.97. The van der Waals surface area contributed by atoms with Crippen LogP contribution in [0.2, 0.25) is 0 Å². The van der Waals surface area contributed by atoms with Crippen LogP contribution in [0.1, 0.15) is 20.3 Å². The molecule has 0 saturated carbocycles. The van der Waals surface area contributed by atoms with E-state index in [0.717, 1.165) is 0 Å². The highest BCUT2D eigenvalue weighted by Gasteiger charge is 2.25. The van der Waals surface area contributed by atoms with E-state index < -0.39 is 11.6 Å². The van der Waals surface area contributed by atoms with Gasteiger partial charge in [-0.05, 0) is 0 Å². The normalized spacial score (nSPS) is 15.5. The third-order valence-electron chi connectivity index (χ3n) is 1.06. The van der Waals surface area contributed by atoms with Gasteiger partial charge in [-0.3, -0.25) is 9.59 Å². The molecule has 0 aromatic carbocycles. The van der Waals surface area contributed by atoms with Crippen molar-refractivity contribution in [2.45, 2.75) is 26.0 Å². The molecule has 0 saturated heterocycles. The van der Waals surface area contributed by atoms with Gasteiger partial charge in [-0.25, -0.2) is 0 Å². The van der Waals surface area contributed by atoms with Crippen molar-refractivity contribution in [3.8, 4) is 0 Å². The molecule has 1 atom stereocenters. The fraction of sp³-hybridized carbons (Fsp3) is 0.667. The molecular weight excluding hydrogens is 134 g/mol. The van der Waals surface area contributed by atoms with Gasteiger partial charge in [0.15, 0.2) is 0 Å². The van der Waals surface area contributed by atoms with Gasteiger partial charge in [-0.15, -0.1) is 0 Å². The Morgan fingerprint density at radius 1 is 1.80 bits per heavy atom. The second kappa shape index (κ2) is 3.31. The maximum atomic E-state index is 10.3. The van der Waals surface area contributed by atoms with Gasteiger partial charge in [0, 0.05) is 13.3 Å². The first-order valence-electron chi connectivity index (χ1n) is 2.94. The SMILES string of the molecule is CCC(O)([C]=O)NC(C)=O. The lowest BCUT2D eigenvalue weighted by Gasteiger charge is -2.18. The second-order valence-electron chi connectivity index (χ2n) is 2.00. The lowest BCUT2D eigenvalue weighted by molar-refractivity contribution is -0.123. The largest absolute Gasteiger partial charge is 0.364 e. The van der Waals surface area contributed by atoms with Crippen LogP contribution in [-0.4, -0.2) is 23.0 Å². The van der Waals surface area contributed by atoms with Crippen molar-refractivity contribution in [2.75, 3.05) is 0 Å². The van der Waals surface area contributed by atoms with Crippen molar-refractivity contribution in [1.29, 1.82) is 0 Å². The van der Waals surface area contributed by atoms with Crippen LogP contribution in [0, 0.1) is 0 Å². The Bertz CT molecular complexity index is 146. The van der Waals surface area contributed by atoms with Crippen molar-refractivity contribution in [3.63, 3.8) is 0 Å². The van der Waals surface area contributed by atoms with E-state index in [0.29, 0.717) is 0 Å². The molecule has 2 N–H and O–H groups in total. The standard InChI is InChI=1S/C6H10NO3/c1-3-6(10,4-8)7-5(2)9/h10H,3H2,1-2H3,(H,7,9). The zero-order valence-electron chi connectivity index (χ0n) is 5.97. The third kappa shape index (κ3) is 2.59. The van der Waals surface area contributed by atoms with Crippen LogP contribution in [0.25, 0.3) is 0 Å². The topological polar surface area (TPSA) is 66.4 Å². The molecule has 0 rings (SSSR count). The van der Waals surface area contributed by atoms with Gasteiger partial charge in [0.05, 0.1) is 0 Å². The Balaban J connectivity index is 4.05. The second-order valence-corrected chi connectivity index (χ2v) is 2.00. The first-order chi connectivity index (χ1) is 4.54. The van der Waals surface area contributed by atoms with Crippen molar-refractivity contribution < 1.29 is 14.7 Å². The molecule has 1 amide bonds. The number of hydrogen-bond acceptors (Lipinski definition) is 3. The summed E-state index contributed by atoms with van der Waals surface area (Å²) in [6.07, 6.45) is 1.45. The van der Waals surface area contributed by atoms with Crippen molar-refractivity contribution in [2.24, 2.45) is 0 Å². The molecule has 10 heavy (non-hydrogen) atoms. The first-order valence-corrected chi connectivity index (χ1v) is 2.94.